The standard InChI is InChI=1S/C14H17BrN2/c1-17-13-9-11(15)7-8-12(13)16-14(17)10-5-3-2-4-6-10/h7-10H,2-6H2,1H3. The topological polar surface area (TPSA) is 17.8 Å². The van der Waals surface area contributed by atoms with Gasteiger partial charge >= 0.3 is 0 Å². The molecule has 1 aliphatic rings. The van der Waals surface area contributed by atoms with E-state index < -0.39 is 0 Å². The van der Waals surface area contributed by atoms with Crippen LogP contribution in [0.15, 0.2) is 22.7 Å². The molecule has 0 atom stereocenters. The average Bonchev–Trinajstić information content (AvgIpc) is 2.68. The van der Waals surface area contributed by atoms with Crippen molar-refractivity contribution in [2.45, 2.75) is 38.0 Å². The lowest BCUT2D eigenvalue weighted by molar-refractivity contribution is 0.423. The van der Waals surface area contributed by atoms with Gasteiger partial charge in [0.1, 0.15) is 5.82 Å². The van der Waals surface area contributed by atoms with Crippen molar-refractivity contribution >= 4 is 27.0 Å². The van der Waals surface area contributed by atoms with E-state index in [0.717, 1.165) is 9.99 Å². The third-order valence-electron chi connectivity index (χ3n) is 3.85. The molecule has 1 fully saturated rings. The van der Waals surface area contributed by atoms with Crippen molar-refractivity contribution in [3.63, 3.8) is 0 Å². The van der Waals surface area contributed by atoms with E-state index in [2.05, 4.69) is 45.7 Å². The lowest BCUT2D eigenvalue weighted by atomic mass is 9.89. The van der Waals surface area contributed by atoms with Gasteiger partial charge in [-0.2, -0.15) is 0 Å². The van der Waals surface area contributed by atoms with Gasteiger partial charge in [0.15, 0.2) is 0 Å². The number of aromatic nitrogens is 2. The number of aryl methyl sites for hydroxylation is 1. The Morgan fingerprint density at radius 1 is 1.24 bits per heavy atom. The second-order valence-electron chi connectivity index (χ2n) is 5.00. The molecule has 0 aliphatic heterocycles. The fourth-order valence-electron chi connectivity index (χ4n) is 2.91. The van der Waals surface area contributed by atoms with Gasteiger partial charge in [-0.05, 0) is 31.0 Å². The average molecular weight is 293 g/mol. The summed E-state index contributed by atoms with van der Waals surface area (Å²) >= 11 is 3.53. The number of nitrogens with zero attached hydrogens (tertiary/aromatic N) is 2. The minimum atomic E-state index is 0.667. The first-order valence-electron chi connectivity index (χ1n) is 6.37. The maximum absolute atomic E-state index is 4.82. The van der Waals surface area contributed by atoms with Crippen LogP contribution in [0.25, 0.3) is 11.0 Å². The quantitative estimate of drug-likeness (QED) is 0.762. The lowest BCUT2D eigenvalue weighted by Crippen LogP contribution is -2.10. The van der Waals surface area contributed by atoms with Gasteiger partial charge in [-0.1, -0.05) is 35.2 Å². The van der Waals surface area contributed by atoms with Crippen LogP contribution in [0.1, 0.15) is 43.8 Å². The number of rotatable bonds is 1. The van der Waals surface area contributed by atoms with Crippen LogP contribution in [0.2, 0.25) is 0 Å². The van der Waals surface area contributed by atoms with E-state index in [1.54, 1.807) is 0 Å². The monoisotopic (exact) mass is 292 g/mol. The molecule has 0 spiro atoms. The highest BCUT2D eigenvalue weighted by Crippen LogP contribution is 2.33. The summed E-state index contributed by atoms with van der Waals surface area (Å²) in [6, 6.07) is 6.33. The van der Waals surface area contributed by atoms with Gasteiger partial charge in [-0.3, -0.25) is 0 Å². The first-order valence-corrected chi connectivity index (χ1v) is 7.17. The van der Waals surface area contributed by atoms with Crippen molar-refractivity contribution < 1.29 is 0 Å². The van der Waals surface area contributed by atoms with E-state index in [1.807, 2.05) is 0 Å². The first-order chi connectivity index (χ1) is 8.25. The molecule has 2 aromatic rings. The first kappa shape index (κ1) is 11.3. The van der Waals surface area contributed by atoms with Crippen molar-refractivity contribution in [2.24, 2.45) is 7.05 Å². The molecule has 0 N–H and O–H groups in total. The van der Waals surface area contributed by atoms with E-state index in [-0.39, 0.29) is 0 Å². The molecule has 0 bridgehead atoms. The third kappa shape index (κ3) is 2.01. The zero-order valence-electron chi connectivity index (χ0n) is 10.1. The highest BCUT2D eigenvalue weighted by atomic mass is 79.9. The van der Waals surface area contributed by atoms with Gasteiger partial charge in [0.2, 0.25) is 0 Å². The minimum absolute atomic E-state index is 0.667. The molecule has 1 saturated carbocycles. The highest BCUT2D eigenvalue weighted by molar-refractivity contribution is 9.10. The van der Waals surface area contributed by atoms with Crippen molar-refractivity contribution in [1.29, 1.82) is 0 Å². The van der Waals surface area contributed by atoms with Crippen LogP contribution < -0.4 is 0 Å². The molecule has 1 aromatic heterocycles. The number of imidazole rings is 1. The number of fused-ring (bicyclic) bond motifs is 1. The number of benzene rings is 1. The van der Waals surface area contributed by atoms with E-state index in [1.165, 1.54) is 43.4 Å². The van der Waals surface area contributed by atoms with Crippen molar-refractivity contribution in [2.75, 3.05) is 0 Å². The zero-order chi connectivity index (χ0) is 11.8. The molecule has 3 heteroatoms. The zero-order valence-corrected chi connectivity index (χ0v) is 11.7. The normalized spacial score (nSPS) is 17.8. The largest absolute Gasteiger partial charge is 0.331 e. The summed E-state index contributed by atoms with van der Waals surface area (Å²) in [4.78, 5) is 4.82. The molecule has 0 saturated heterocycles. The van der Waals surface area contributed by atoms with Crippen LogP contribution in [0.4, 0.5) is 0 Å². The molecule has 1 aromatic carbocycles. The molecule has 90 valence electrons. The summed E-state index contributed by atoms with van der Waals surface area (Å²) in [5.41, 5.74) is 2.36. The Labute approximate surface area is 110 Å². The number of hydrogen-bond donors (Lipinski definition) is 0. The minimum Gasteiger partial charge on any atom is -0.331 e. The van der Waals surface area contributed by atoms with Gasteiger partial charge < -0.3 is 4.57 Å². The van der Waals surface area contributed by atoms with E-state index in [9.17, 15) is 0 Å². The molecular weight excluding hydrogens is 276 g/mol. The number of halogens is 1. The Hall–Kier alpha value is -0.830. The van der Waals surface area contributed by atoms with Crippen molar-refractivity contribution in [1.82, 2.24) is 9.55 Å². The predicted octanol–water partition coefficient (Wildman–Crippen LogP) is 4.38. The predicted molar refractivity (Wildman–Crippen MR) is 74.2 cm³/mol. The second-order valence-corrected chi connectivity index (χ2v) is 5.91. The van der Waals surface area contributed by atoms with Crippen LogP contribution >= 0.6 is 15.9 Å². The third-order valence-corrected chi connectivity index (χ3v) is 4.34. The molecule has 0 unspecified atom stereocenters. The van der Waals surface area contributed by atoms with Crippen molar-refractivity contribution in [3.8, 4) is 0 Å². The van der Waals surface area contributed by atoms with Crippen LogP contribution in [-0.2, 0) is 7.05 Å². The summed E-state index contributed by atoms with van der Waals surface area (Å²) < 4.78 is 3.40. The Balaban J connectivity index is 2.07. The van der Waals surface area contributed by atoms with Crippen LogP contribution in [-0.4, -0.2) is 9.55 Å². The fourth-order valence-corrected chi connectivity index (χ4v) is 3.26. The van der Waals surface area contributed by atoms with Gasteiger partial charge in [0, 0.05) is 17.4 Å². The lowest BCUT2D eigenvalue weighted by Gasteiger charge is -2.20. The van der Waals surface area contributed by atoms with Gasteiger partial charge in [0.05, 0.1) is 11.0 Å². The smallest absolute Gasteiger partial charge is 0.112 e. The summed E-state index contributed by atoms with van der Waals surface area (Å²) in [5.74, 6) is 1.94. The molecule has 0 radical (unpaired) electrons. The Bertz CT molecular complexity index is 538. The maximum atomic E-state index is 4.82. The Morgan fingerprint density at radius 2 is 2.00 bits per heavy atom. The van der Waals surface area contributed by atoms with Crippen molar-refractivity contribution in [3.05, 3.63) is 28.5 Å². The van der Waals surface area contributed by atoms with Gasteiger partial charge in [-0.25, -0.2) is 4.98 Å². The molecule has 0 amide bonds. The van der Waals surface area contributed by atoms with Crippen LogP contribution in [0.5, 0.6) is 0 Å². The fraction of sp³-hybridized carbons (Fsp3) is 0.500. The van der Waals surface area contributed by atoms with E-state index >= 15 is 0 Å². The molecule has 2 nitrogen and oxygen atoms in total. The number of hydrogen-bond acceptors (Lipinski definition) is 1. The van der Waals surface area contributed by atoms with Gasteiger partial charge in [-0.15, -0.1) is 0 Å². The van der Waals surface area contributed by atoms with E-state index in [0.29, 0.717) is 5.92 Å². The summed E-state index contributed by atoms with van der Waals surface area (Å²) in [6.45, 7) is 0. The SMILES string of the molecule is Cn1c(C2CCCCC2)nc2ccc(Br)cc21. The molecule has 1 aliphatic carbocycles. The summed E-state index contributed by atoms with van der Waals surface area (Å²) in [5, 5.41) is 0. The molecule has 3 rings (SSSR count). The summed E-state index contributed by atoms with van der Waals surface area (Å²) in [7, 11) is 2.14. The van der Waals surface area contributed by atoms with Gasteiger partial charge in [0.25, 0.3) is 0 Å². The molecule has 1 heterocycles. The van der Waals surface area contributed by atoms with Crippen LogP contribution in [0, 0.1) is 0 Å². The van der Waals surface area contributed by atoms with E-state index in [4.69, 9.17) is 4.98 Å². The Kier molecular flexibility index (Phi) is 2.95. The van der Waals surface area contributed by atoms with Crippen LogP contribution in [0.3, 0.4) is 0 Å². The Morgan fingerprint density at radius 3 is 2.76 bits per heavy atom. The maximum Gasteiger partial charge on any atom is 0.112 e. The molecular formula is C14H17BrN2. The second kappa shape index (κ2) is 4.45. The highest BCUT2D eigenvalue weighted by Gasteiger charge is 2.20. The summed E-state index contributed by atoms with van der Waals surface area (Å²) in [6.07, 6.45) is 6.72. The molecule has 17 heavy (non-hydrogen) atoms.